The molecule has 3 amide bonds. The summed E-state index contributed by atoms with van der Waals surface area (Å²) in [5.74, 6) is 0.0859. The lowest BCUT2D eigenvalue weighted by Crippen LogP contribution is -2.41. The van der Waals surface area contributed by atoms with E-state index in [-0.39, 0.29) is 17.9 Å². The second-order valence-electron chi connectivity index (χ2n) is 9.09. The minimum atomic E-state index is -0.119. The molecule has 1 fully saturated rings. The van der Waals surface area contributed by atoms with Gasteiger partial charge in [-0.2, -0.15) is 0 Å². The molecule has 0 spiro atoms. The maximum absolute atomic E-state index is 12.8. The van der Waals surface area contributed by atoms with Crippen molar-refractivity contribution in [2.75, 3.05) is 37.4 Å². The van der Waals surface area contributed by atoms with E-state index < -0.39 is 0 Å². The van der Waals surface area contributed by atoms with Crippen LogP contribution in [0.1, 0.15) is 40.2 Å². The van der Waals surface area contributed by atoms with E-state index in [0.29, 0.717) is 30.2 Å². The predicted molar refractivity (Wildman–Crippen MR) is 142 cm³/mol. The van der Waals surface area contributed by atoms with E-state index in [1.165, 1.54) is 0 Å². The number of carbonyl (C=O) groups is 2. The highest BCUT2D eigenvalue weighted by atomic mass is 35.5. The number of hydrogen-bond donors (Lipinski definition) is 2. The van der Waals surface area contributed by atoms with E-state index in [1.54, 1.807) is 24.3 Å². The van der Waals surface area contributed by atoms with Crippen LogP contribution in [0.4, 0.5) is 16.2 Å². The fraction of sp³-hybridized carbons (Fsp3) is 0.286. The third-order valence-corrected chi connectivity index (χ3v) is 6.58. The molecule has 1 atom stereocenters. The number of halogens is 1. The molecule has 2 N–H and O–H groups in total. The highest BCUT2D eigenvalue weighted by Crippen LogP contribution is 2.28. The Bertz CT molecular complexity index is 1160. The molecule has 6 nitrogen and oxygen atoms in total. The molecule has 7 heteroatoms. The Labute approximate surface area is 211 Å². The van der Waals surface area contributed by atoms with E-state index in [1.807, 2.05) is 72.4 Å². The van der Waals surface area contributed by atoms with E-state index in [9.17, 15) is 9.59 Å². The van der Waals surface area contributed by atoms with Crippen molar-refractivity contribution in [3.05, 3.63) is 94.5 Å². The molecule has 1 aliphatic heterocycles. The maximum atomic E-state index is 12.8. The van der Waals surface area contributed by atoms with Crippen molar-refractivity contribution in [3.8, 4) is 0 Å². The lowest BCUT2D eigenvalue weighted by molar-refractivity contribution is 0.0950. The zero-order valence-electron chi connectivity index (χ0n) is 20.1. The Balaban J connectivity index is 1.36. The van der Waals surface area contributed by atoms with Crippen LogP contribution in [0, 0.1) is 0 Å². The summed E-state index contributed by atoms with van der Waals surface area (Å²) in [4.78, 5) is 29.5. The zero-order chi connectivity index (χ0) is 24.8. The van der Waals surface area contributed by atoms with Gasteiger partial charge in [0.05, 0.1) is 0 Å². The number of piperidine rings is 1. The molecule has 1 heterocycles. The van der Waals surface area contributed by atoms with Gasteiger partial charge in [0.2, 0.25) is 0 Å². The first kappa shape index (κ1) is 24.6. The fourth-order valence-corrected chi connectivity index (χ4v) is 4.43. The quantitative estimate of drug-likeness (QED) is 0.462. The number of likely N-dealkylation sites (tertiary alicyclic amines) is 1. The van der Waals surface area contributed by atoms with Crippen molar-refractivity contribution in [1.29, 1.82) is 0 Å². The summed E-state index contributed by atoms with van der Waals surface area (Å²) in [6.45, 7) is 1.80. The van der Waals surface area contributed by atoms with Crippen molar-refractivity contribution in [1.82, 2.24) is 10.2 Å². The van der Waals surface area contributed by atoms with Crippen molar-refractivity contribution < 1.29 is 9.59 Å². The van der Waals surface area contributed by atoms with Crippen LogP contribution < -0.4 is 15.5 Å². The number of anilines is 2. The van der Waals surface area contributed by atoms with Crippen LogP contribution in [0.25, 0.3) is 0 Å². The number of nitrogens with one attached hydrogen (secondary N) is 2. The van der Waals surface area contributed by atoms with E-state index >= 15 is 0 Å². The van der Waals surface area contributed by atoms with Gasteiger partial charge in [0.25, 0.3) is 5.91 Å². The first-order valence-electron chi connectivity index (χ1n) is 11.8. The lowest BCUT2D eigenvalue weighted by Gasteiger charge is -2.33. The van der Waals surface area contributed by atoms with Crippen LogP contribution in [-0.2, 0) is 6.54 Å². The molecule has 1 unspecified atom stereocenters. The topological polar surface area (TPSA) is 64.7 Å². The number of urea groups is 1. The number of amides is 3. The molecule has 1 aliphatic rings. The lowest BCUT2D eigenvalue weighted by atomic mass is 9.89. The summed E-state index contributed by atoms with van der Waals surface area (Å²) in [5.41, 5.74) is 4.61. The molecule has 0 aromatic heterocycles. The van der Waals surface area contributed by atoms with Gasteiger partial charge in [-0.05, 0) is 72.5 Å². The van der Waals surface area contributed by atoms with Gasteiger partial charge in [0.15, 0.2) is 0 Å². The summed E-state index contributed by atoms with van der Waals surface area (Å²) < 4.78 is 0. The Hall–Kier alpha value is -3.51. The Morgan fingerprint density at radius 3 is 2.49 bits per heavy atom. The standard InChI is InChI=1S/C28H31ClN4O2/c1-32(2)26-14-8-20(9-15-26)18-30-27(34)22-6-3-5-21(17-22)23-7-4-16-33(19-23)28(35)31-25-12-10-24(29)11-13-25/h3,5-6,8-15,17,23H,4,7,16,18-19H2,1-2H3,(H,30,34)(H,31,35). The normalized spacial score (nSPS) is 15.4. The summed E-state index contributed by atoms with van der Waals surface area (Å²) in [6.07, 6.45) is 1.89. The van der Waals surface area contributed by atoms with E-state index in [2.05, 4.69) is 10.6 Å². The Morgan fingerprint density at radius 2 is 1.77 bits per heavy atom. The number of hydrogen-bond acceptors (Lipinski definition) is 3. The number of benzene rings is 3. The van der Waals surface area contributed by atoms with Gasteiger partial charge in [-0.25, -0.2) is 4.79 Å². The largest absolute Gasteiger partial charge is 0.378 e. The fourth-order valence-electron chi connectivity index (χ4n) is 4.30. The van der Waals surface area contributed by atoms with Crippen LogP contribution in [0.3, 0.4) is 0 Å². The first-order valence-corrected chi connectivity index (χ1v) is 12.2. The zero-order valence-corrected chi connectivity index (χ0v) is 20.9. The van der Waals surface area contributed by atoms with Gasteiger partial charge in [-0.15, -0.1) is 0 Å². The minimum absolute atomic E-state index is 0.100. The van der Waals surface area contributed by atoms with E-state index in [0.717, 1.165) is 35.3 Å². The van der Waals surface area contributed by atoms with Crippen LogP contribution in [0.15, 0.2) is 72.8 Å². The number of rotatable bonds is 6. The smallest absolute Gasteiger partial charge is 0.321 e. The van der Waals surface area contributed by atoms with Crippen LogP contribution in [0.5, 0.6) is 0 Å². The van der Waals surface area contributed by atoms with Gasteiger partial charge in [-0.3, -0.25) is 4.79 Å². The molecule has 1 saturated heterocycles. The average Bonchev–Trinajstić information content (AvgIpc) is 2.89. The van der Waals surface area contributed by atoms with Crippen LogP contribution in [0.2, 0.25) is 5.02 Å². The number of nitrogens with zero attached hydrogens (tertiary/aromatic N) is 2. The SMILES string of the molecule is CN(C)c1ccc(CNC(=O)c2cccc(C3CCCN(C(=O)Nc4ccc(Cl)cc4)C3)c2)cc1. The van der Waals surface area contributed by atoms with Gasteiger partial charge in [0.1, 0.15) is 0 Å². The maximum Gasteiger partial charge on any atom is 0.321 e. The van der Waals surface area contributed by atoms with Crippen molar-refractivity contribution in [2.45, 2.75) is 25.3 Å². The highest BCUT2D eigenvalue weighted by Gasteiger charge is 2.25. The third kappa shape index (κ3) is 6.55. The molecule has 0 aliphatic carbocycles. The predicted octanol–water partition coefficient (Wildman–Crippen LogP) is 5.75. The Morgan fingerprint density at radius 1 is 1.03 bits per heavy atom. The monoisotopic (exact) mass is 490 g/mol. The third-order valence-electron chi connectivity index (χ3n) is 6.33. The van der Waals surface area contributed by atoms with Gasteiger partial charge >= 0.3 is 6.03 Å². The molecule has 35 heavy (non-hydrogen) atoms. The molecule has 182 valence electrons. The summed E-state index contributed by atoms with van der Waals surface area (Å²) in [6, 6.07) is 22.9. The summed E-state index contributed by atoms with van der Waals surface area (Å²) in [7, 11) is 4.00. The molecule has 0 bridgehead atoms. The molecule has 0 saturated carbocycles. The molecule has 4 rings (SSSR count). The molecular weight excluding hydrogens is 460 g/mol. The molecule has 3 aromatic rings. The highest BCUT2D eigenvalue weighted by molar-refractivity contribution is 6.30. The minimum Gasteiger partial charge on any atom is -0.378 e. The summed E-state index contributed by atoms with van der Waals surface area (Å²) >= 11 is 5.93. The number of carbonyl (C=O) groups excluding carboxylic acids is 2. The average molecular weight is 491 g/mol. The van der Waals surface area contributed by atoms with E-state index in [4.69, 9.17) is 11.6 Å². The van der Waals surface area contributed by atoms with Gasteiger partial charge in [-0.1, -0.05) is 35.9 Å². The molecular formula is C28H31ClN4O2. The molecule has 0 radical (unpaired) electrons. The first-order chi connectivity index (χ1) is 16.9. The van der Waals surface area contributed by atoms with Crippen molar-refractivity contribution in [3.63, 3.8) is 0 Å². The van der Waals surface area contributed by atoms with Crippen molar-refractivity contribution in [2.24, 2.45) is 0 Å². The second kappa shape index (κ2) is 11.3. The second-order valence-corrected chi connectivity index (χ2v) is 9.53. The van der Waals surface area contributed by atoms with Gasteiger partial charge < -0.3 is 20.4 Å². The van der Waals surface area contributed by atoms with Crippen LogP contribution in [-0.4, -0.2) is 44.0 Å². The molecule has 3 aromatic carbocycles. The summed E-state index contributed by atoms with van der Waals surface area (Å²) in [5, 5.41) is 6.59. The Kier molecular flexibility index (Phi) is 7.93. The van der Waals surface area contributed by atoms with Crippen molar-refractivity contribution >= 4 is 34.9 Å². The van der Waals surface area contributed by atoms with Crippen LogP contribution >= 0.6 is 11.6 Å². The van der Waals surface area contributed by atoms with Gasteiger partial charge in [0, 0.05) is 61.6 Å².